The monoisotopic (exact) mass is 266 g/mol. The molecule has 2 rings (SSSR count). The lowest BCUT2D eigenvalue weighted by molar-refractivity contribution is 0.0796. The first-order valence-electron chi connectivity index (χ1n) is 8.75. The molecule has 1 aliphatic carbocycles. The molecule has 3 unspecified atom stereocenters. The van der Waals surface area contributed by atoms with Gasteiger partial charge in [-0.05, 0) is 64.6 Å². The van der Waals surface area contributed by atoms with Crippen molar-refractivity contribution in [1.29, 1.82) is 0 Å². The molecule has 0 aromatic rings. The van der Waals surface area contributed by atoms with Crippen LogP contribution in [-0.2, 0) is 0 Å². The fourth-order valence-electron chi connectivity index (χ4n) is 4.22. The standard InChI is InChI=1S/C17H34N2/c1-3-15-7-6-9-16(11-10-15)19-14-5-4-8-17(19)12-13-18-2/h15-18H,3-14H2,1-2H3. The van der Waals surface area contributed by atoms with E-state index >= 15 is 0 Å². The summed E-state index contributed by atoms with van der Waals surface area (Å²) in [5.41, 5.74) is 0. The smallest absolute Gasteiger partial charge is 0.0110 e. The van der Waals surface area contributed by atoms with E-state index in [1.54, 1.807) is 0 Å². The van der Waals surface area contributed by atoms with E-state index in [0.717, 1.165) is 18.0 Å². The predicted molar refractivity (Wildman–Crippen MR) is 83.5 cm³/mol. The van der Waals surface area contributed by atoms with E-state index in [1.165, 1.54) is 77.3 Å². The zero-order valence-electron chi connectivity index (χ0n) is 13.2. The van der Waals surface area contributed by atoms with E-state index in [2.05, 4.69) is 24.2 Å². The molecule has 3 atom stereocenters. The van der Waals surface area contributed by atoms with Gasteiger partial charge in [-0.15, -0.1) is 0 Å². The first-order chi connectivity index (χ1) is 9.35. The van der Waals surface area contributed by atoms with Crippen LogP contribution in [0.2, 0.25) is 0 Å². The van der Waals surface area contributed by atoms with Gasteiger partial charge in [0.25, 0.3) is 0 Å². The molecule has 1 heterocycles. The van der Waals surface area contributed by atoms with Crippen molar-refractivity contribution in [1.82, 2.24) is 10.2 Å². The number of hydrogen-bond donors (Lipinski definition) is 1. The Morgan fingerprint density at radius 1 is 1.00 bits per heavy atom. The van der Waals surface area contributed by atoms with Gasteiger partial charge in [-0.1, -0.05) is 32.6 Å². The molecule has 2 heteroatoms. The summed E-state index contributed by atoms with van der Waals surface area (Å²) in [6.45, 7) is 4.93. The molecule has 19 heavy (non-hydrogen) atoms. The van der Waals surface area contributed by atoms with Gasteiger partial charge in [0.2, 0.25) is 0 Å². The zero-order chi connectivity index (χ0) is 13.5. The van der Waals surface area contributed by atoms with Crippen molar-refractivity contribution in [2.45, 2.75) is 83.2 Å². The molecule has 0 aromatic heterocycles. The van der Waals surface area contributed by atoms with E-state index in [4.69, 9.17) is 0 Å². The van der Waals surface area contributed by atoms with Crippen molar-refractivity contribution in [2.24, 2.45) is 5.92 Å². The molecule has 0 amide bonds. The highest BCUT2D eigenvalue weighted by Gasteiger charge is 2.29. The normalized spacial score (nSPS) is 34.1. The Bertz CT molecular complexity index is 241. The fraction of sp³-hybridized carbons (Fsp3) is 1.00. The summed E-state index contributed by atoms with van der Waals surface area (Å²) >= 11 is 0. The van der Waals surface area contributed by atoms with Gasteiger partial charge < -0.3 is 5.32 Å². The summed E-state index contributed by atoms with van der Waals surface area (Å²) in [6, 6.07) is 1.77. The number of piperidine rings is 1. The summed E-state index contributed by atoms with van der Waals surface area (Å²) in [4.78, 5) is 2.90. The van der Waals surface area contributed by atoms with Crippen LogP contribution in [0, 0.1) is 5.92 Å². The second-order valence-corrected chi connectivity index (χ2v) is 6.72. The maximum Gasteiger partial charge on any atom is 0.0110 e. The quantitative estimate of drug-likeness (QED) is 0.761. The second kappa shape index (κ2) is 8.26. The van der Waals surface area contributed by atoms with Crippen LogP contribution in [0.5, 0.6) is 0 Å². The molecule has 1 saturated heterocycles. The maximum absolute atomic E-state index is 3.34. The largest absolute Gasteiger partial charge is 0.320 e. The molecule has 2 aliphatic rings. The van der Waals surface area contributed by atoms with E-state index in [9.17, 15) is 0 Å². The molecule has 0 spiro atoms. The van der Waals surface area contributed by atoms with Crippen molar-refractivity contribution in [3.8, 4) is 0 Å². The Morgan fingerprint density at radius 3 is 2.68 bits per heavy atom. The highest BCUT2D eigenvalue weighted by Crippen LogP contribution is 2.32. The number of nitrogens with one attached hydrogen (secondary N) is 1. The lowest BCUT2D eigenvalue weighted by Crippen LogP contribution is -2.47. The fourth-order valence-corrected chi connectivity index (χ4v) is 4.22. The molecular weight excluding hydrogens is 232 g/mol. The van der Waals surface area contributed by atoms with E-state index in [1.807, 2.05) is 0 Å². The average Bonchev–Trinajstić information content (AvgIpc) is 2.70. The number of nitrogens with zero attached hydrogens (tertiary/aromatic N) is 1. The van der Waals surface area contributed by atoms with Crippen LogP contribution in [0.15, 0.2) is 0 Å². The van der Waals surface area contributed by atoms with Gasteiger partial charge >= 0.3 is 0 Å². The Morgan fingerprint density at radius 2 is 1.89 bits per heavy atom. The van der Waals surface area contributed by atoms with Crippen LogP contribution in [0.4, 0.5) is 0 Å². The maximum atomic E-state index is 3.34. The number of hydrogen-bond acceptors (Lipinski definition) is 2. The van der Waals surface area contributed by atoms with Crippen molar-refractivity contribution >= 4 is 0 Å². The Balaban J connectivity index is 1.89. The molecule has 1 saturated carbocycles. The first kappa shape index (κ1) is 15.3. The SMILES string of the molecule is CCC1CCCC(N2CCCCC2CCNC)CC1. The van der Waals surface area contributed by atoms with Crippen LogP contribution in [0.1, 0.15) is 71.1 Å². The van der Waals surface area contributed by atoms with Crippen LogP contribution >= 0.6 is 0 Å². The van der Waals surface area contributed by atoms with Crippen molar-refractivity contribution < 1.29 is 0 Å². The summed E-state index contributed by atoms with van der Waals surface area (Å²) in [7, 11) is 2.09. The van der Waals surface area contributed by atoms with Gasteiger partial charge in [-0.3, -0.25) is 4.90 Å². The van der Waals surface area contributed by atoms with Gasteiger partial charge in [0.05, 0.1) is 0 Å². The molecule has 1 aliphatic heterocycles. The second-order valence-electron chi connectivity index (χ2n) is 6.72. The minimum Gasteiger partial charge on any atom is -0.320 e. The predicted octanol–water partition coefficient (Wildman–Crippen LogP) is 3.81. The lowest BCUT2D eigenvalue weighted by Gasteiger charge is -2.41. The van der Waals surface area contributed by atoms with E-state index < -0.39 is 0 Å². The van der Waals surface area contributed by atoms with E-state index in [0.29, 0.717) is 0 Å². The van der Waals surface area contributed by atoms with Crippen LogP contribution in [-0.4, -0.2) is 37.1 Å². The number of likely N-dealkylation sites (tertiary alicyclic amines) is 1. The molecule has 1 N–H and O–H groups in total. The van der Waals surface area contributed by atoms with E-state index in [-0.39, 0.29) is 0 Å². The van der Waals surface area contributed by atoms with Gasteiger partial charge in [0.1, 0.15) is 0 Å². The molecule has 0 bridgehead atoms. The molecular formula is C17H34N2. The highest BCUT2D eigenvalue weighted by molar-refractivity contribution is 4.85. The third-order valence-electron chi connectivity index (χ3n) is 5.50. The summed E-state index contributed by atoms with van der Waals surface area (Å²) in [5.74, 6) is 1.02. The van der Waals surface area contributed by atoms with Crippen LogP contribution in [0.3, 0.4) is 0 Å². The summed E-state index contributed by atoms with van der Waals surface area (Å²) < 4.78 is 0. The lowest BCUT2D eigenvalue weighted by atomic mass is 9.94. The molecule has 0 aromatic carbocycles. The molecule has 0 radical (unpaired) electrons. The van der Waals surface area contributed by atoms with Crippen molar-refractivity contribution in [3.05, 3.63) is 0 Å². The van der Waals surface area contributed by atoms with Crippen molar-refractivity contribution in [3.63, 3.8) is 0 Å². The van der Waals surface area contributed by atoms with Crippen molar-refractivity contribution in [2.75, 3.05) is 20.1 Å². The zero-order valence-corrected chi connectivity index (χ0v) is 13.2. The van der Waals surface area contributed by atoms with Gasteiger partial charge in [-0.25, -0.2) is 0 Å². The summed E-state index contributed by atoms with van der Waals surface area (Å²) in [6.07, 6.45) is 14.5. The average molecular weight is 266 g/mol. The number of rotatable bonds is 5. The Kier molecular flexibility index (Phi) is 6.66. The topological polar surface area (TPSA) is 15.3 Å². The van der Waals surface area contributed by atoms with Gasteiger partial charge in [0, 0.05) is 12.1 Å². The van der Waals surface area contributed by atoms with Crippen LogP contribution < -0.4 is 5.32 Å². The Labute approximate surface area is 120 Å². The minimum absolute atomic E-state index is 0.865. The molecule has 112 valence electrons. The summed E-state index contributed by atoms with van der Waals surface area (Å²) in [5, 5.41) is 3.34. The first-order valence-corrected chi connectivity index (χ1v) is 8.75. The van der Waals surface area contributed by atoms with Gasteiger partial charge in [-0.2, -0.15) is 0 Å². The minimum atomic E-state index is 0.865. The molecule has 2 nitrogen and oxygen atoms in total. The molecule has 2 fully saturated rings. The highest BCUT2D eigenvalue weighted by atomic mass is 15.2. The third kappa shape index (κ3) is 4.46. The Hall–Kier alpha value is -0.0800. The van der Waals surface area contributed by atoms with Gasteiger partial charge in [0.15, 0.2) is 0 Å². The third-order valence-corrected chi connectivity index (χ3v) is 5.50. The van der Waals surface area contributed by atoms with Crippen LogP contribution in [0.25, 0.3) is 0 Å².